The molecule has 86 valence electrons. The Hall–Kier alpha value is -1.35. The molecule has 1 aromatic carbocycles. The van der Waals surface area contributed by atoms with Crippen molar-refractivity contribution < 1.29 is 4.39 Å². The van der Waals surface area contributed by atoms with Gasteiger partial charge in [-0.15, -0.1) is 0 Å². The Balaban J connectivity index is 2.25. The van der Waals surface area contributed by atoms with Crippen molar-refractivity contribution >= 4 is 10.9 Å². The average molecular weight is 220 g/mol. The highest BCUT2D eigenvalue weighted by Gasteiger charge is 2.08. The molecule has 16 heavy (non-hydrogen) atoms. The number of hydrogen-bond donors (Lipinski definition) is 2. The highest BCUT2D eigenvalue weighted by atomic mass is 19.1. The molecule has 2 nitrogen and oxygen atoms in total. The Morgan fingerprint density at radius 1 is 1.38 bits per heavy atom. The van der Waals surface area contributed by atoms with Gasteiger partial charge in [-0.25, -0.2) is 4.39 Å². The van der Waals surface area contributed by atoms with Crippen molar-refractivity contribution in [1.29, 1.82) is 0 Å². The summed E-state index contributed by atoms with van der Waals surface area (Å²) in [6, 6.07) is 7.09. The van der Waals surface area contributed by atoms with Crippen LogP contribution in [0.25, 0.3) is 10.9 Å². The summed E-state index contributed by atoms with van der Waals surface area (Å²) in [6.07, 6.45) is 1.11. The zero-order valence-corrected chi connectivity index (χ0v) is 9.68. The third kappa shape index (κ3) is 2.25. The van der Waals surface area contributed by atoms with Gasteiger partial charge >= 0.3 is 0 Å². The van der Waals surface area contributed by atoms with E-state index >= 15 is 0 Å². The Morgan fingerprint density at radius 2 is 2.19 bits per heavy atom. The van der Waals surface area contributed by atoms with Crippen LogP contribution in [0.15, 0.2) is 24.3 Å². The first-order chi connectivity index (χ1) is 7.70. The predicted octanol–water partition coefficient (Wildman–Crippen LogP) is 3.37. The van der Waals surface area contributed by atoms with Gasteiger partial charge in [0, 0.05) is 22.6 Å². The predicted molar refractivity (Wildman–Crippen MR) is 65.0 cm³/mol. The van der Waals surface area contributed by atoms with Crippen LogP contribution >= 0.6 is 0 Å². The van der Waals surface area contributed by atoms with E-state index in [1.165, 1.54) is 6.07 Å². The summed E-state index contributed by atoms with van der Waals surface area (Å²) in [4.78, 5) is 3.30. The molecule has 2 rings (SSSR count). The second-order valence-electron chi connectivity index (χ2n) is 4.13. The van der Waals surface area contributed by atoms with Gasteiger partial charge < -0.3 is 10.3 Å². The van der Waals surface area contributed by atoms with Crippen molar-refractivity contribution in [3.8, 4) is 0 Å². The van der Waals surface area contributed by atoms with Crippen molar-refractivity contribution in [3.63, 3.8) is 0 Å². The molecular formula is C13H17FN2. The second kappa shape index (κ2) is 4.66. The van der Waals surface area contributed by atoms with Crippen LogP contribution in [0.3, 0.4) is 0 Å². The molecular weight excluding hydrogens is 203 g/mol. The number of aromatic nitrogens is 1. The van der Waals surface area contributed by atoms with E-state index in [1.807, 2.05) is 6.07 Å². The molecule has 0 spiro atoms. The van der Waals surface area contributed by atoms with Crippen molar-refractivity contribution in [3.05, 3.63) is 35.8 Å². The smallest absolute Gasteiger partial charge is 0.123 e. The van der Waals surface area contributed by atoms with Gasteiger partial charge in [0.05, 0.1) is 0 Å². The lowest BCUT2D eigenvalue weighted by Crippen LogP contribution is -2.19. The lowest BCUT2D eigenvalue weighted by atomic mass is 10.2. The van der Waals surface area contributed by atoms with E-state index in [1.54, 1.807) is 12.1 Å². The highest BCUT2D eigenvalue weighted by molar-refractivity contribution is 5.80. The minimum Gasteiger partial charge on any atom is -0.357 e. The average Bonchev–Trinajstić information content (AvgIpc) is 2.68. The fourth-order valence-corrected chi connectivity index (χ4v) is 1.83. The molecule has 0 bridgehead atoms. The van der Waals surface area contributed by atoms with Crippen LogP contribution in [0.5, 0.6) is 0 Å². The number of hydrogen-bond acceptors (Lipinski definition) is 1. The van der Waals surface area contributed by atoms with E-state index in [0.29, 0.717) is 0 Å². The topological polar surface area (TPSA) is 27.8 Å². The number of fused-ring (bicyclic) bond motifs is 1. The van der Waals surface area contributed by atoms with Gasteiger partial charge in [-0.2, -0.15) is 0 Å². The maximum Gasteiger partial charge on any atom is 0.123 e. The molecule has 0 amide bonds. The summed E-state index contributed by atoms with van der Waals surface area (Å²) in [5.41, 5.74) is 2.09. The molecule has 1 aromatic heterocycles. The Bertz CT molecular complexity index is 476. The van der Waals surface area contributed by atoms with Gasteiger partial charge in [-0.1, -0.05) is 6.92 Å². The molecule has 2 N–H and O–H groups in total. The number of aromatic amines is 1. The van der Waals surface area contributed by atoms with E-state index in [0.717, 1.165) is 29.6 Å². The standard InChI is InChI=1S/C13H17FN2/c1-3-6-15-9(2)13-8-10-7-11(14)4-5-12(10)16-13/h4-5,7-9,15-16H,3,6H2,1-2H3. The van der Waals surface area contributed by atoms with Crippen molar-refractivity contribution in [1.82, 2.24) is 10.3 Å². The molecule has 0 aliphatic carbocycles. The van der Waals surface area contributed by atoms with Crippen LogP contribution in [0.2, 0.25) is 0 Å². The number of rotatable bonds is 4. The normalized spacial score (nSPS) is 13.2. The quantitative estimate of drug-likeness (QED) is 0.812. The summed E-state index contributed by atoms with van der Waals surface area (Å²) >= 11 is 0. The zero-order valence-electron chi connectivity index (χ0n) is 9.68. The first-order valence-corrected chi connectivity index (χ1v) is 5.72. The molecule has 3 heteroatoms. The van der Waals surface area contributed by atoms with Crippen LogP contribution in [0.4, 0.5) is 4.39 Å². The third-order valence-electron chi connectivity index (χ3n) is 2.77. The molecule has 1 atom stereocenters. The van der Waals surface area contributed by atoms with Gasteiger partial charge in [-0.05, 0) is 44.2 Å². The molecule has 0 fully saturated rings. The van der Waals surface area contributed by atoms with Gasteiger partial charge in [0.15, 0.2) is 0 Å². The van der Waals surface area contributed by atoms with E-state index in [2.05, 4.69) is 24.1 Å². The highest BCUT2D eigenvalue weighted by Crippen LogP contribution is 2.20. The van der Waals surface area contributed by atoms with E-state index in [9.17, 15) is 4.39 Å². The summed E-state index contributed by atoms with van der Waals surface area (Å²) in [5, 5.41) is 4.33. The fourth-order valence-electron chi connectivity index (χ4n) is 1.83. The molecule has 1 heterocycles. The maximum absolute atomic E-state index is 13.0. The van der Waals surface area contributed by atoms with Crippen LogP contribution in [-0.4, -0.2) is 11.5 Å². The van der Waals surface area contributed by atoms with Crippen molar-refractivity contribution in [2.75, 3.05) is 6.54 Å². The molecule has 0 saturated carbocycles. The lowest BCUT2D eigenvalue weighted by molar-refractivity contribution is 0.561. The van der Waals surface area contributed by atoms with Crippen molar-refractivity contribution in [2.24, 2.45) is 0 Å². The van der Waals surface area contributed by atoms with Crippen molar-refractivity contribution in [2.45, 2.75) is 26.3 Å². The first-order valence-electron chi connectivity index (χ1n) is 5.72. The zero-order chi connectivity index (χ0) is 11.5. The Morgan fingerprint density at radius 3 is 2.94 bits per heavy atom. The van der Waals surface area contributed by atoms with Crippen LogP contribution in [0, 0.1) is 5.82 Å². The van der Waals surface area contributed by atoms with E-state index < -0.39 is 0 Å². The largest absolute Gasteiger partial charge is 0.357 e. The number of nitrogens with one attached hydrogen (secondary N) is 2. The van der Waals surface area contributed by atoms with Gasteiger partial charge in [0.25, 0.3) is 0 Å². The first kappa shape index (κ1) is 11.1. The van der Waals surface area contributed by atoms with Crippen LogP contribution < -0.4 is 5.32 Å². The van der Waals surface area contributed by atoms with Crippen LogP contribution in [0.1, 0.15) is 32.0 Å². The van der Waals surface area contributed by atoms with Gasteiger partial charge in [0.1, 0.15) is 5.82 Å². The minimum atomic E-state index is -0.188. The summed E-state index contributed by atoms with van der Waals surface area (Å²) in [6.45, 7) is 5.24. The Labute approximate surface area is 94.9 Å². The van der Waals surface area contributed by atoms with Crippen LogP contribution in [-0.2, 0) is 0 Å². The SMILES string of the molecule is CCCNC(C)c1cc2cc(F)ccc2[nH]1. The van der Waals surface area contributed by atoms with E-state index in [4.69, 9.17) is 0 Å². The Kier molecular flexibility index (Phi) is 3.25. The molecule has 2 aromatic rings. The number of halogens is 1. The monoisotopic (exact) mass is 220 g/mol. The second-order valence-corrected chi connectivity index (χ2v) is 4.13. The summed E-state index contributed by atoms with van der Waals surface area (Å²) < 4.78 is 13.0. The molecule has 0 radical (unpaired) electrons. The lowest BCUT2D eigenvalue weighted by Gasteiger charge is -2.10. The van der Waals surface area contributed by atoms with Gasteiger partial charge in [-0.3, -0.25) is 0 Å². The summed E-state index contributed by atoms with van der Waals surface area (Å²) in [7, 11) is 0. The van der Waals surface area contributed by atoms with E-state index in [-0.39, 0.29) is 11.9 Å². The maximum atomic E-state index is 13.0. The summed E-state index contributed by atoms with van der Waals surface area (Å²) in [5.74, 6) is -0.188. The molecule has 0 saturated heterocycles. The molecule has 1 unspecified atom stereocenters. The number of benzene rings is 1. The molecule has 0 aliphatic heterocycles. The number of H-pyrrole nitrogens is 1. The van der Waals surface area contributed by atoms with Gasteiger partial charge in [0.2, 0.25) is 0 Å². The fraction of sp³-hybridized carbons (Fsp3) is 0.385. The third-order valence-corrected chi connectivity index (χ3v) is 2.77. The molecule has 0 aliphatic rings. The minimum absolute atomic E-state index is 0.188.